The van der Waals surface area contributed by atoms with Gasteiger partial charge in [-0.05, 0) is 89.8 Å². The van der Waals surface area contributed by atoms with E-state index in [0.29, 0.717) is 0 Å². The molecule has 0 amide bonds. The number of thiophene rings is 1. The molecule has 0 bridgehead atoms. The van der Waals surface area contributed by atoms with E-state index in [-0.39, 0.29) is 6.71 Å². The van der Waals surface area contributed by atoms with Crippen LogP contribution in [0, 0.1) is 0 Å². The summed E-state index contributed by atoms with van der Waals surface area (Å²) >= 11 is 1.93. The summed E-state index contributed by atoms with van der Waals surface area (Å²) in [5.74, 6) is 0. The van der Waals surface area contributed by atoms with Crippen LogP contribution >= 0.6 is 11.3 Å². The van der Waals surface area contributed by atoms with Crippen LogP contribution in [0.15, 0.2) is 182 Å². The average Bonchev–Trinajstić information content (AvgIpc) is 3.55. The maximum absolute atomic E-state index is 2.50. The number of nitrogens with zero attached hydrogens (tertiary/aromatic N) is 3. The van der Waals surface area contributed by atoms with Crippen molar-refractivity contribution < 1.29 is 0 Å². The maximum Gasteiger partial charge on any atom is 0.264 e. The molecule has 230 valence electrons. The van der Waals surface area contributed by atoms with Crippen LogP contribution in [-0.4, -0.2) is 6.71 Å². The molecule has 0 aliphatic carbocycles. The molecule has 3 nitrogen and oxygen atoms in total. The van der Waals surface area contributed by atoms with Crippen molar-refractivity contribution in [3.63, 3.8) is 0 Å². The van der Waals surface area contributed by atoms with Gasteiger partial charge in [0.05, 0.1) is 5.69 Å². The molecule has 3 heterocycles. The average molecular weight is 644 g/mol. The third-order valence-corrected chi connectivity index (χ3v) is 11.0. The number of benzene rings is 7. The number of fused-ring (bicyclic) bond motifs is 6. The van der Waals surface area contributed by atoms with Gasteiger partial charge in [-0.25, -0.2) is 0 Å². The Kier molecular flexibility index (Phi) is 6.46. The van der Waals surface area contributed by atoms with Crippen molar-refractivity contribution in [3.8, 4) is 0 Å². The molecule has 0 unspecified atom stereocenters. The standard InChI is InChI=1S/C44H30BN3S/c1-4-16-31(17-5-1)46(32-18-6-2-7-19-32)34-22-14-23-35(30-34)47-38-26-12-11-25-37(38)45-42-39(47)27-15-28-40(42)48(33-20-8-3-9-21-33)43-36-24-10-13-29-41(36)49-44(43)45/h1-30H. The topological polar surface area (TPSA) is 9.72 Å². The Labute approximate surface area is 290 Å². The Hall–Kier alpha value is -6.04. The number of hydrogen-bond donors (Lipinski definition) is 0. The van der Waals surface area contributed by atoms with E-state index in [4.69, 9.17) is 0 Å². The molecular formula is C44H30BN3S. The van der Waals surface area contributed by atoms with Crippen molar-refractivity contribution in [3.05, 3.63) is 182 Å². The van der Waals surface area contributed by atoms with Gasteiger partial charge in [0.15, 0.2) is 0 Å². The predicted molar refractivity (Wildman–Crippen MR) is 211 cm³/mol. The van der Waals surface area contributed by atoms with Crippen LogP contribution in [0.4, 0.5) is 51.2 Å². The summed E-state index contributed by atoms with van der Waals surface area (Å²) in [5.41, 5.74) is 13.3. The fourth-order valence-electron chi connectivity index (χ4n) is 7.81. The Morgan fingerprint density at radius 1 is 0.449 bits per heavy atom. The molecule has 8 aromatic rings. The SMILES string of the molecule is c1ccc(N(c2ccccc2)c2cccc(N3c4ccccc4B4c5sc6ccccc6c5N(c5ccccc5)c5cccc3c54)c2)cc1. The third-order valence-electron chi connectivity index (χ3n) is 9.79. The maximum atomic E-state index is 2.50. The monoisotopic (exact) mass is 643 g/mol. The van der Waals surface area contributed by atoms with Gasteiger partial charge in [0.25, 0.3) is 6.71 Å². The van der Waals surface area contributed by atoms with Gasteiger partial charge in [-0.2, -0.15) is 0 Å². The van der Waals surface area contributed by atoms with Gasteiger partial charge in [0.1, 0.15) is 0 Å². The summed E-state index contributed by atoms with van der Waals surface area (Å²) in [6.45, 7) is 0.124. The van der Waals surface area contributed by atoms with Crippen molar-refractivity contribution in [2.24, 2.45) is 0 Å². The molecule has 0 spiro atoms. The van der Waals surface area contributed by atoms with Crippen molar-refractivity contribution in [1.29, 1.82) is 0 Å². The van der Waals surface area contributed by atoms with Gasteiger partial charge in [-0.1, -0.05) is 103 Å². The Bertz CT molecular complexity index is 2440. The first-order valence-electron chi connectivity index (χ1n) is 16.7. The lowest BCUT2D eigenvalue weighted by atomic mass is 9.36. The summed E-state index contributed by atoms with van der Waals surface area (Å²) in [7, 11) is 0. The van der Waals surface area contributed by atoms with Crippen LogP contribution in [0.1, 0.15) is 0 Å². The highest BCUT2D eigenvalue weighted by Crippen LogP contribution is 2.48. The molecule has 0 fully saturated rings. The van der Waals surface area contributed by atoms with Gasteiger partial charge < -0.3 is 14.7 Å². The number of anilines is 9. The Morgan fingerprint density at radius 3 is 1.76 bits per heavy atom. The number of hydrogen-bond acceptors (Lipinski definition) is 4. The van der Waals surface area contributed by atoms with E-state index in [2.05, 4.69) is 197 Å². The smallest absolute Gasteiger partial charge is 0.264 e. The van der Waals surface area contributed by atoms with Crippen LogP contribution < -0.4 is 30.4 Å². The van der Waals surface area contributed by atoms with E-state index in [0.717, 1.165) is 22.7 Å². The second-order valence-corrected chi connectivity index (χ2v) is 13.6. The van der Waals surface area contributed by atoms with Crippen LogP contribution in [0.3, 0.4) is 0 Å². The minimum atomic E-state index is 0.124. The van der Waals surface area contributed by atoms with E-state index in [1.54, 1.807) is 0 Å². The minimum Gasteiger partial charge on any atom is -0.311 e. The van der Waals surface area contributed by atoms with Crippen molar-refractivity contribution in [2.45, 2.75) is 0 Å². The number of para-hydroxylation sites is 4. The molecule has 1 aromatic heterocycles. The van der Waals surface area contributed by atoms with E-state index in [1.165, 1.54) is 54.2 Å². The third kappa shape index (κ3) is 4.36. The fourth-order valence-corrected chi connectivity index (χ4v) is 9.13. The first-order chi connectivity index (χ1) is 24.3. The second kappa shape index (κ2) is 11.3. The summed E-state index contributed by atoms with van der Waals surface area (Å²) in [5, 5.41) is 1.30. The minimum absolute atomic E-state index is 0.124. The predicted octanol–water partition coefficient (Wildman–Crippen LogP) is 10.5. The van der Waals surface area contributed by atoms with Gasteiger partial charge >= 0.3 is 0 Å². The molecule has 0 N–H and O–H groups in total. The fraction of sp³-hybridized carbons (Fsp3) is 0. The highest BCUT2D eigenvalue weighted by Gasteiger charge is 2.44. The van der Waals surface area contributed by atoms with Crippen molar-refractivity contribution >= 4 is 95.0 Å². The Balaban J connectivity index is 1.21. The largest absolute Gasteiger partial charge is 0.311 e. The zero-order chi connectivity index (χ0) is 32.3. The van der Waals surface area contributed by atoms with Crippen molar-refractivity contribution in [1.82, 2.24) is 0 Å². The summed E-state index contributed by atoms with van der Waals surface area (Å²) in [6, 6.07) is 65.8. The zero-order valence-electron chi connectivity index (χ0n) is 26.6. The van der Waals surface area contributed by atoms with Crippen LogP contribution in [-0.2, 0) is 0 Å². The molecule has 0 saturated heterocycles. The molecule has 2 aliphatic rings. The summed E-state index contributed by atoms with van der Waals surface area (Å²) in [4.78, 5) is 7.31. The Morgan fingerprint density at radius 2 is 1.00 bits per heavy atom. The zero-order valence-corrected chi connectivity index (χ0v) is 27.5. The lowest BCUT2D eigenvalue weighted by molar-refractivity contribution is 1.24. The van der Waals surface area contributed by atoms with E-state index >= 15 is 0 Å². The van der Waals surface area contributed by atoms with Crippen molar-refractivity contribution in [2.75, 3.05) is 14.7 Å². The van der Waals surface area contributed by atoms with Crippen LogP contribution in [0.25, 0.3) is 10.1 Å². The summed E-state index contributed by atoms with van der Waals surface area (Å²) < 4.78 is 2.71. The van der Waals surface area contributed by atoms with Gasteiger partial charge in [0, 0.05) is 60.4 Å². The normalized spacial score (nSPS) is 12.8. The molecule has 7 aromatic carbocycles. The first-order valence-corrected chi connectivity index (χ1v) is 17.6. The molecule has 5 heteroatoms. The lowest BCUT2D eigenvalue weighted by Gasteiger charge is -2.43. The van der Waals surface area contributed by atoms with E-state index < -0.39 is 0 Å². The van der Waals surface area contributed by atoms with E-state index in [9.17, 15) is 0 Å². The highest BCUT2D eigenvalue weighted by atomic mass is 32.1. The quantitative estimate of drug-likeness (QED) is 0.173. The van der Waals surface area contributed by atoms with Gasteiger partial charge in [0.2, 0.25) is 0 Å². The lowest BCUT2D eigenvalue weighted by Crippen LogP contribution is -2.60. The molecule has 0 radical (unpaired) electrons. The van der Waals surface area contributed by atoms with Gasteiger partial charge in [-0.3, -0.25) is 0 Å². The molecule has 0 saturated carbocycles. The molecule has 0 atom stereocenters. The van der Waals surface area contributed by atoms with Gasteiger partial charge in [-0.15, -0.1) is 11.3 Å². The molecule has 49 heavy (non-hydrogen) atoms. The summed E-state index contributed by atoms with van der Waals surface area (Å²) in [6.07, 6.45) is 0. The second-order valence-electron chi connectivity index (χ2n) is 12.5. The van der Waals surface area contributed by atoms with Crippen LogP contribution in [0.5, 0.6) is 0 Å². The number of rotatable bonds is 5. The van der Waals surface area contributed by atoms with E-state index in [1.807, 2.05) is 11.3 Å². The van der Waals surface area contributed by atoms with Crippen LogP contribution in [0.2, 0.25) is 0 Å². The molecular weight excluding hydrogens is 613 g/mol. The first kappa shape index (κ1) is 28.0. The highest BCUT2D eigenvalue weighted by molar-refractivity contribution is 7.33. The molecule has 10 rings (SSSR count). The molecule has 2 aliphatic heterocycles.